The molecular weight excluding hydrogens is 419 g/mol. The van der Waals surface area contributed by atoms with Crippen LogP contribution >= 0.6 is 11.6 Å². The van der Waals surface area contributed by atoms with Crippen LogP contribution in [0.2, 0.25) is 5.02 Å². The van der Waals surface area contributed by atoms with E-state index in [0.29, 0.717) is 0 Å². The van der Waals surface area contributed by atoms with Crippen LogP contribution < -0.4 is 10.2 Å². The van der Waals surface area contributed by atoms with E-state index in [9.17, 15) is 17.6 Å². The van der Waals surface area contributed by atoms with Gasteiger partial charge in [-0.25, -0.2) is 18.3 Å². The zero-order chi connectivity index (χ0) is 20.9. The summed E-state index contributed by atoms with van der Waals surface area (Å²) in [6.45, 7) is 0.150. The first-order valence-corrected chi connectivity index (χ1v) is 10.3. The van der Waals surface area contributed by atoms with Crippen LogP contribution in [0.5, 0.6) is 0 Å². The van der Waals surface area contributed by atoms with E-state index in [1.165, 1.54) is 24.3 Å². The van der Waals surface area contributed by atoms with E-state index in [1.807, 2.05) is 30.3 Å². The molecule has 0 aliphatic carbocycles. The Morgan fingerprint density at radius 3 is 2.38 bits per heavy atom. The SMILES string of the molecule is O=C(NOCc1ccccc1)c1ccc(Cl)c(S(=O)(=O)Nc2ccc(F)cc2)c1. The maximum Gasteiger partial charge on any atom is 0.274 e. The van der Waals surface area contributed by atoms with Crippen molar-refractivity contribution in [1.29, 1.82) is 0 Å². The molecular formula is C20H16ClFN2O4S. The Balaban J connectivity index is 1.72. The van der Waals surface area contributed by atoms with Gasteiger partial charge in [0.25, 0.3) is 15.9 Å². The van der Waals surface area contributed by atoms with Crippen LogP contribution in [-0.2, 0) is 21.5 Å². The highest BCUT2D eigenvalue weighted by atomic mass is 35.5. The van der Waals surface area contributed by atoms with Gasteiger partial charge in [-0.1, -0.05) is 41.9 Å². The monoisotopic (exact) mass is 434 g/mol. The van der Waals surface area contributed by atoms with E-state index in [4.69, 9.17) is 16.4 Å². The number of hydrogen-bond acceptors (Lipinski definition) is 4. The fourth-order valence-corrected chi connectivity index (χ4v) is 3.98. The first-order valence-electron chi connectivity index (χ1n) is 8.39. The predicted molar refractivity (Wildman–Crippen MR) is 107 cm³/mol. The number of hydroxylamine groups is 1. The van der Waals surface area contributed by atoms with Crippen molar-refractivity contribution in [2.75, 3.05) is 4.72 Å². The number of carbonyl (C=O) groups is 1. The highest BCUT2D eigenvalue weighted by Crippen LogP contribution is 2.25. The second-order valence-electron chi connectivity index (χ2n) is 5.96. The second-order valence-corrected chi connectivity index (χ2v) is 8.02. The largest absolute Gasteiger partial charge is 0.280 e. The van der Waals surface area contributed by atoms with Gasteiger partial charge in [0.05, 0.1) is 11.6 Å². The summed E-state index contributed by atoms with van der Waals surface area (Å²) in [6, 6.07) is 17.8. The summed E-state index contributed by atoms with van der Waals surface area (Å²) < 4.78 is 40.6. The summed E-state index contributed by atoms with van der Waals surface area (Å²) in [4.78, 5) is 17.2. The van der Waals surface area contributed by atoms with Gasteiger partial charge in [-0.2, -0.15) is 0 Å². The molecule has 0 saturated heterocycles. The molecule has 0 atom stereocenters. The van der Waals surface area contributed by atoms with Crippen LogP contribution in [0, 0.1) is 5.82 Å². The molecule has 0 saturated carbocycles. The topological polar surface area (TPSA) is 84.5 Å². The highest BCUT2D eigenvalue weighted by Gasteiger charge is 2.20. The number of hydrogen-bond donors (Lipinski definition) is 2. The lowest BCUT2D eigenvalue weighted by molar-refractivity contribution is 0.0233. The molecule has 0 aliphatic heterocycles. The minimum absolute atomic E-state index is 0.0435. The Morgan fingerprint density at radius 2 is 1.69 bits per heavy atom. The third-order valence-electron chi connectivity index (χ3n) is 3.83. The molecule has 0 unspecified atom stereocenters. The van der Waals surface area contributed by atoms with Crippen molar-refractivity contribution in [2.45, 2.75) is 11.5 Å². The van der Waals surface area contributed by atoms with Crippen LogP contribution in [0.3, 0.4) is 0 Å². The molecule has 9 heteroatoms. The number of rotatable bonds is 7. The van der Waals surface area contributed by atoms with Crippen molar-refractivity contribution in [2.24, 2.45) is 0 Å². The smallest absolute Gasteiger partial charge is 0.274 e. The molecule has 0 fully saturated rings. The molecule has 3 aromatic carbocycles. The number of nitrogens with one attached hydrogen (secondary N) is 2. The van der Waals surface area contributed by atoms with Gasteiger partial charge in [-0.15, -0.1) is 0 Å². The van der Waals surface area contributed by atoms with Crippen LogP contribution in [0.15, 0.2) is 77.7 Å². The standard InChI is InChI=1S/C20H16ClFN2O4S/c21-18-11-6-15(20(25)23-28-13-14-4-2-1-3-5-14)12-19(18)29(26,27)24-17-9-7-16(22)8-10-17/h1-12,24H,13H2,(H,23,25). The molecule has 0 aromatic heterocycles. The van der Waals surface area contributed by atoms with Crippen molar-refractivity contribution in [3.63, 3.8) is 0 Å². The van der Waals surface area contributed by atoms with Gasteiger partial charge in [-0.3, -0.25) is 14.4 Å². The Labute approximate surface area is 172 Å². The Bertz CT molecular complexity index is 1110. The predicted octanol–water partition coefficient (Wildman–Crippen LogP) is 4.14. The van der Waals surface area contributed by atoms with E-state index < -0.39 is 21.7 Å². The molecule has 29 heavy (non-hydrogen) atoms. The van der Waals surface area contributed by atoms with E-state index in [0.717, 1.165) is 23.8 Å². The lowest BCUT2D eigenvalue weighted by Crippen LogP contribution is -2.24. The quantitative estimate of drug-likeness (QED) is 0.547. The summed E-state index contributed by atoms with van der Waals surface area (Å²) in [7, 11) is -4.10. The van der Waals surface area contributed by atoms with E-state index in [-0.39, 0.29) is 27.8 Å². The van der Waals surface area contributed by atoms with Crippen LogP contribution in [0.4, 0.5) is 10.1 Å². The van der Waals surface area contributed by atoms with Gasteiger partial charge < -0.3 is 0 Å². The minimum atomic E-state index is -4.10. The summed E-state index contributed by atoms with van der Waals surface area (Å²) in [6.07, 6.45) is 0. The zero-order valence-electron chi connectivity index (χ0n) is 14.9. The lowest BCUT2D eigenvalue weighted by Gasteiger charge is -2.11. The Hall–Kier alpha value is -2.94. The normalized spacial score (nSPS) is 11.1. The Kier molecular flexibility index (Phi) is 6.48. The third-order valence-corrected chi connectivity index (χ3v) is 5.69. The first-order chi connectivity index (χ1) is 13.8. The van der Waals surface area contributed by atoms with Gasteiger partial charge in [0.1, 0.15) is 10.7 Å². The third kappa shape index (κ3) is 5.54. The molecule has 3 aromatic rings. The fourth-order valence-electron chi connectivity index (χ4n) is 2.40. The number of anilines is 1. The molecule has 0 heterocycles. The average Bonchev–Trinajstić information content (AvgIpc) is 2.70. The molecule has 1 amide bonds. The molecule has 0 bridgehead atoms. The van der Waals surface area contributed by atoms with E-state index >= 15 is 0 Å². The number of sulfonamides is 1. The average molecular weight is 435 g/mol. The molecule has 0 spiro atoms. The van der Waals surface area contributed by atoms with Crippen LogP contribution in [0.1, 0.15) is 15.9 Å². The molecule has 2 N–H and O–H groups in total. The van der Waals surface area contributed by atoms with E-state index in [1.54, 1.807) is 0 Å². The van der Waals surface area contributed by atoms with Crippen LogP contribution in [0.25, 0.3) is 0 Å². The maximum absolute atomic E-state index is 13.0. The molecule has 0 aliphatic rings. The van der Waals surface area contributed by atoms with Crippen molar-refractivity contribution < 1.29 is 22.4 Å². The van der Waals surface area contributed by atoms with E-state index in [2.05, 4.69) is 10.2 Å². The molecule has 0 radical (unpaired) electrons. The van der Waals surface area contributed by atoms with Gasteiger partial charge >= 0.3 is 0 Å². The molecule has 3 rings (SSSR count). The highest BCUT2D eigenvalue weighted by molar-refractivity contribution is 7.92. The molecule has 150 valence electrons. The number of amides is 1. The van der Waals surface area contributed by atoms with Gasteiger partial charge in [0.15, 0.2) is 0 Å². The second kappa shape index (κ2) is 9.04. The number of benzene rings is 3. The molecule has 6 nitrogen and oxygen atoms in total. The summed E-state index contributed by atoms with van der Waals surface area (Å²) in [5.74, 6) is -1.13. The van der Waals surface area contributed by atoms with Crippen molar-refractivity contribution in [3.8, 4) is 0 Å². The van der Waals surface area contributed by atoms with Gasteiger partial charge in [0.2, 0.25) is 0 Å². The number of halogens is 2. The summed E-state index contributed by atoms with van der Waals surface area (Å²) >= 11 is 6.02. The number of carbonyl (C=O) groups excluding carboxylic acids is 1. The zero-order valence-corrected chi connectivity index (χ0v) is 16.5. The minimum Gasteiger partial charge on any atom is -0.280 e. The van der Waals surface area contributed by atoms with Gasteiger partial charge in [0, 0.05) is 11.3 Å². The van der Waals surface area contributed by atoms with Crippen molar-refractivity contribution in [1.82, 2.24) is 5.48 Å². The summed E-state index contributed by atoms with van der Waals surface area (Å²) in [5.41, 5.74) is 3.32. The maximum atomic E-state index is 13.0. The van der Waals surface area contributed by atoms with Crippen molar-refractivity contribution in [3.05, 3.63) is 94.8 Å². The van der Waals surface area contributed by atoms with Gasteiger partial charge in [-0.05, 0) is 48.0 Å². The Morgan fingerprint density at radius 1 is 1.00 bits per heavy atom. The first kappa shape index (κ1) is 20.8. The summed E-state index contributed by atoms with van der Waals surface area (Å²) in [5, 5.41) is -0.0682. The van der Waals surface area contributed by atoms with Crippen molar-refractivity contribution >= 4 is 33.2 Å². The van der Waals surface area contributed by atoms with Crippen LogP contribution in [-0.4, -0.2) is 14.3 Å². The lowest BCUT2D eigenvalue weighted by atomic mass is 10.2. The fraction of sp³-hybridized carbons (Fsp3) is 0.0500.